The Morgan fingerprint density at radius 1 is 1.25 bits per heavy atom. The van der Waals surface area contributed by atoms with Crippen LogP contribution in [-0.2, 0) is 0 Å². The molecule has 3 nitrogen and oxygen atoms in total. The van der Waals surface area contributed by atoms with E-state index in [1.165, 1.54) is 17.7 Å². The van der Waals surface area contributed by atoms with Crippen LogP contribution < -0.4 is 5.32 Å². The highest BCUT2D eigenvalue weighted by Crippen LogP contribution is 2.24. The molecule has 0 spiro atoms. The molecule has 1 atom stereocenters. The number of nitrogens with one attached hydrogen (secondary N) is 1. The van der Waals surface area contributed by atoms with Gasteiger partial charge in [0.1, 0.15) is 0 Å². The summed E-state index contributed by atoms with van der Waals surface area (Å²) in [5.74, 6) is 0. The number of imidazole rings is 1. The third-order valence-electron chi connectivity index (χ3n) is 3.16. The van der Waals surface area contributed by atoms with Crippen molar-refractivity contribution in [3.8, 4) is 11.3 Å². The lowest BCUT2D eigenvalue weighted by Crippen LogP contribution is -2.13. The lowest BCUT2D eigenvalue weighted by atomic mass is 10.1. The standard InChI is InChI=1S/C13H15N3/c1-2-4-11(5-3-1)13-9-15-10-16(13)12-6-7-14-8-12/h1-5,9-10,12,14H,6-8H2. The van der Waals surface area contributed by atoms with Crippen LogP contribution >= 0.6 is 0 Å². The predicted octanol–water partition coefficient (Wildman–Crippen LogP) is 2.08. The van der Waals surface area contributed by atoms with Gasteiger partial charge in [0.2, 0.25) is 0 Å². The highest BCUT2D eigenvalue weighted by Gasteiger charge is 2.18. The van der Waals surface area contributed by atoms with Crippen molar-refractivity contribution in [2.45, 2.75) is 12.5 Å². The predicted molar refractivity (Wildman–Crippen MR) is 64.2 cm³/mol. The number of benzene rings is 1. The summed E-state index contributed by atoms with van der Waals surface area (Å²) in [5, 5.41) is 3.39. The summed E-state index contributed by atoms with van der Waals surface area (Å²) >= 11 is 0. The molecule has 2 heterocycles. The summed E-state index contributed by atoms with van der Waals surface area (Å²) in [4.78, 5) is 4.28. The van der Waals surface area contributed by atoms with Crippen LogP contribution in [0, 0.1) is 0 Å². The molecule has 1 fully saturated rings. The van der Waals surface area contributed by atoms with E-state index < -0.39 is 0 Å². The molecule has 1 aliphatic rings. The van der Waals surface area contributed by atoms with E-state index in [0.29, 0.717) is 6.04 Å². The van der Waals surface area contributed by atoms with E-state index in [1.54, 1.807) is 0 Å². The van der Waals surface area contributed by atoms with E-state index >= 15 is 0 Å². The van der Waals surface area contributed by atoms with Crippen LogP contribution in [0.15, 0.2) is 42.9 Å². The lowest BCUT2D eigenvalue weighted by molar-refractivity contribution is 0.551. The van der Waals surface area contributed by atoms with Crippen LogP contribution in [0.5, 0.6) is 0 Å². The van der Waals surface area contributed by atoms with E-state index in [1.807, 2.05) is 18.6 Å². The maximum Gasteiger partial charge on any atom is 0.0954 e. The van der Waals surface area contributed by atoms with Gasteiger partial charge < -0.3 is 9.88 Å². The molecule has 1 aromatic heterocycles. The summed E-state index contributed by atoms with van der Waals surface area (Å²) in [6, 6.07) is 11.0. The molecule has 0 bridgehead atoms. The van der Waals surface area contributed by atoms with Gasteiger partial charge in [0.15, 0.2) is 0 Å². The van der Waals surface area contributed by atoms with Gasteiger partial charge in [-0.2, -0.15) is 0 Å². The molecule has 1 saturated heterocycles. The van der Waals surface area contributed by atoms with Crippen molar-refractivity contribution in [3.05, 3.63) is 42.9 Å². The summed E-state index contributed by atoms with van der Waals surface area (Å²) in [6.07, 6.45) is 5.09. The zero-order chi connectivity index (χ0) is 10.8. The minimum atomic E-state index is 0.553. The zero-order valence-electron chi connectivity index (χ0n) is 9.13. The first kappa shape index (κ1) is 9.60. The smallest absolute Gasteiger partial charge is 0.0954 e. The minimum absolute atomic E-state index is 0.553. The molecule has 3 heteroatoms. The van der Waals surface area contributed by atoms with Gasteiger partial charge in [0, 0.05) is 12.6 Å². The second-order valence-corrected chi connectivity index (χ2v) is 4.20. The van der Waals surface area contributed by atoms with Crippen molar-refractivity contribution in [2.24, 2.45) is 0 Å². The lowest BCUT2D eigenvalue weighted by Gasteiger charge is -2.14. The highest BCUT2D eigenvalue weighted by atomic mass is 15.1. The van der Waals surface area contributed by atoms with Crippen molar-refractivity contribution in [3.63, 3.8) is 0 Å². The molecule has 1 N–H and O–H groups in total. The van der Waals surface area contributed by atoms with Crippen molar-refractivity contribution in [1.82, 2.24) is 14.9 Å². The third-order valence-corrected chi connectivity index (χ3v) is 3.16. The van der Waals surface area contributed by atoms with Gasteiger partial charge in [-0.1, -0.05) is 30.3 Å². The fourth-order valence-corrected chi connectivity index (χ4v) is 2.30. The Balaban J connectivity index is 1.99. The Hall–Kier alpha value is -1.61. The SMILES string of the molecule is c1ccc(-c2cncn2C2CCNC2)cc1. The average molecular weight is 213 g/mol. The van der Waals surface area contributed by atoms with Crippen molar-refractivity contribution >= 4 is 0 Å². The average Bonchev–Trinajstić information content (AvgIpc) is 3.01. The third kappa shape index (κ3) is 1.63. The van der Waals surface area contributed by atoms with Gasteiger partial charge in [0.25, 0.3) is 0 Å². The maximum atomic E-state index is 4.28. The molecule has 3 rings (SSSR count). The van der Waals surface area contributed by atoms with Crippen LogP contribution in [0.25, 0.3) is 11.3 Å². The normalized spacial score (nSPS) is 20.1. The second kappa shape index (κ2) is 4.10. The summed E-state index contributed by atoms with van der Waals surface area (Å²) in [6.45, 7) is 2.16. The van der Waals surface area contributed by atoms with Gasteiger partial charge in [-0.15, -0.1) is 0 Å². The van der Waals surface area contributed by atoms with E-state index in [-0.39, 0.29) is 0 Å². The summed E-state index contributed by atoms with van der Waals surface area (Å²) in [7, 11) is 0. The van der Waals surface area contributed by atoms with Crippen molar-refractivity contribution in [1.29, 1.82) is 0 Å². The number of aromatic nitrogens is 2. The van der Waals surface area contributed by atoms with Crippen LogP contribution in [0.3, 0.4) is 0 Å². The van der Waals surface area contributed by atoms with E-state index in [4.69, 9.17) is 0 Å². The largest absolute Gasteiger partial charge is 0.326 e. The monoisotopic (exact) mass is 213 g/mol. The van der Waals surface area contributed by atoms with Crippen LogP contribution in [0.1, 0.15) is 12.5 Å². The van der Waals surface area contributed by atoms with E-state index in [2.05, 4.69) is 39.1 Å². The molecule has 2 aromatic rings. The van der Waals surface area contributed by atoms with Crippen molar-refractivity contribution in [2.75, 3.05) is 13.1 Å². The summed E-state index contributed by atoms with van der Waals surface area (Å²) in [5.41, 5.74) is 2.46. The van der Waals surface area contributed by atoms with Gasteiger partial charge >= 0.3 is 0 Å². The topological polar surface area (TPSA) is 29.9 Å². The molecular formula is C13H15N3. The molecule has 0 aliphatic carbocycles. The first-order valence-corrected chi connectivity index (χ1v) is 5.73. The quantitative estimate of drug-likeness (QED) is 0.827. The highest BCUT2D eigenvalue weighted by molar-refractivity contribution is 5.58. The molecule has 82 valence electrons. The molecule has 16 heavy (non-hydrogen) atoms. The number of hydrogen-bond donors (Lipinski definition) is 1. The number of rotatable bonds is 2. The minimum Gasteiger partial charge on any atom is -0.326 e. The number of nitrogens with zero attached hydrogens (tertiary/aromatic N) is 2. The Morgan fingerprint density at radius 2 is 2.12 bits per heavy atom. The van der Waals surface area contributed by atoms with Gasteiger partial charge in [-0.05, 0) is 18.5 Å². The Labute approximate surface area is 95.1 Å². The fraction of sp³-hybridized carbons (Fsp3) is 0.308. The van der Waals surface area contributed by atoms with Gasteiger partial charge in [-0.3, -0.25) is 0 Å². The zero-order valence-corrected chi connectivity index (χ0v) is 9.13. The molecular weight excluding hydrogens is 198 g/mol. The molecule has 1 aromatic carbocycles. The van der Waals surface area contributed by atoms with E-state index in [9.17, 15) is 0 Å². The van der Waals surface area contributed by atoms with Crippen LogP contribution in [0.4, 0.5) is 0 Å². The van der Waals surface area contributed by atoms with Crippen molar-refractivity contribution < 1.29 is 0 Å². The van der Waals surface area contributed by atoms with Gasteiger partial charge in [-0.25, -0.2) is 4.98 Å². The fourth-order valence-electron chi connectivity index (χ4n) is 2.30. The Bertz CT molecular complexity index is 455. The maximum absolute atomic E-state index is 4.28. The molecule has 1 unspecified atom stereocenters. The van der Waals surface area contributed by atoms with Gasteiger partial charge in [0.05, 0.1) is 18.2 Å². The number of hydrogen-bond acceptors (Lipinski definition) is 2. The first-order chi connectivity index (χ1) is 7.95. The van der Waals surface area contributed by atoms with Crippen LogP contribution in [-0.4, -0.2) is 22.6 Å². The van der Waals surface area contributed by atoms with Crippen LogP contribution in [0.2, 0.25) is 0 Å². The second-order valence-electron chi connectivity index (χ2n) is 4.20. The molecule has 0 amide bonds. The summed E-state index contributed by atoms with van der Waals surface area (Å²) < 4.78 is 2.29. The first-order valence-electron chi connectivity index (χ1n) is 5.73. The van der Waals surface area contributed by atoms with E-state index in [0.717, 1.165) is 13.1 Å². The molecule has 1 aliphatic heterocycles. The molecule has 0 radical (unpaired) electrons. The Kier molecular flexibility index (Phi) is 2.46. The Morgan fingerprint density at radius 3 is 2.88 bits per heavy atom. The molecule has 0 saturated carbocycles.